The van der Waals surface area contributed by atoms with Crippen LogP contribution in [0.25, 0.3) is 21.8 Å². The molecule has 0 aliphatic heterocycles. The number of halogens is 4. The Bertz CT molecular complexity index is 1570. The predicted molar refractivity (Wildman–Crippen MR) is 128 cm³/mol. The topological polar surface area (TPSA) is 70.7 Å². The summed E-state index contributed by atoms with van der Waals surface area (Å²) in [6.07, 6.45) is 4.79. The van der Waals surface area contributed by atoms with E-state index in [1.165, 1.54) is 24.5 Å². The smallest absolute Gasteiger partial charge is 0.251 e. The molecule has 0 saturated heterocycles. The molecule has 0 saturated carbocycles. The lowest BCUT2D eigenvalue weighted by molar-refractivity contribution is 0.0950. The Labute approximate surface area is 202 Å². The van der Waals surface area contributed by atoms with Crippen LogP contribution < -0.4 is 5.32 Å². The summed E-state index contributed by atoms with van der Waals surface area (Å²) in [7, 11) is 0. The molecular formula is C25H16Cl2F2N4O. The van der Waals surface area contributed by atoms with Gasteiger partial charge in [-0.25, -0.2) is 8.78 Å². The molecule has 34 heavy (non-hydrogen) atoms. The number of rotatable bonds is 5. The van der Waals surface area contributed by atoms with Gasteiger partial charge in [0.05, 0.1) is 10.0 Å². The van der Waals surface area contributed by atoms with Crippen LogP contribution >= 0.6 is 23.2 Å². The van der Waals surface area contributed by atoms with Gasteiger partial charge in [-0.05, 0) is 48.0 Å². The highest BCUT2D eigenvalue weighted by Crippen LogP contribution is 2.26. The zero-order valence-electron chi connectivity index (χ0n) is 17.5. The van der Waals surface area contributed by atoms with Gasteiger partial charge in [-0.3, -0.25) is 14.8 Å². The van der Waals surface area contributed by atoms with Gasteiger partial charge in [0.15, 0.2) is 0 Å². The fraction of sp³-hybridized carbons (Fsp3) is 0.0800. The van der Waals surface area contributed by atoms with E-state index in [9.17, 15) is 13.6 Å². The van der Waals surface area contributed by atoms with Crippen LogP contribution in [-0.4, -0.2) is 20.9 Å². The lowest BCUT2D eigenvalue weighted by Gasteiger charge is -2.09. The van der Waals surface area contributed by atoms with Crippen molar-refractivity contribution in [3.05, 3.63) is 105 Å². The number of aromatic amines is 1. The van der Waals surface area contributed by atoms with Gasteiger partial charge in [0, 0.05) is 64.7 Å². The molecule has 2 N–H and O–H groups in total. The number of aromatic nitrogens is 3. The average molecular weight is 497 g/mol. The molecule has 1 amide bonds. The van der Waals surface area contributed by atoms with Crippen molar-refractivity contribution in [2.75, 3.05) is 0 Å². The summed E-state index contributed by atoms with van der Waals surface area (Å²) in [5, 5.41) is 4.87. The first-order valence-electron chi connectivity index (χ1n) is 10.3. The van der Waals surface area contributed by atoms with Gasteiger partial charge >= 0.3 is 0 Å². The molecule has 0 fully saturated rings. The third-order valence-electron chi connectivity index (χ3n) is 5.46. The summed E-state index contributed by atoms with van der Waals surface area (Å²) in [6.45, 7) is -0.0105. The van der Waals surface area contributed by atoms with Crippen molar-refractivity contribution < 1.29 is 13.6 Å². The van der Waals surface area contributed by atoms with Crippen molar-refractivity contribution in [1.29, 1.82) is 0 Å². The molecule has 5 aromatic rings. The molecule has 0 aliphatic carbocycles. The first-order valence-corrected chi connectivity index (χ1v) is 11.0. The molecule has 2 aromatic carbocycles. The Balaban J connectivity index is 1.33. The number of amides is 1. The molecule has 0 atom stereocenters. The van der Waals surface area contributed by atoms with Crippen molar-refractivity contribution in [3.8, 4) is 0 Å². The quantitative estimate of drug-likeness (QED) is 0.303. The Hall–Kier alpha value is -3.55. The van der Waals surface area contributed by atoms with E-state index < -0.39 is 11.6 Å². The Morgan fingerprint density at radius 2 is 1.88 bits per heavy atom. The molecule has 0 unspecified atom stereocenters. The zero-order chi connectivity index (χ0) is 23.8. The number of hydrogen-bond acceptors (Lipinski definition) is 3. The minimum absolute atomic E-state index is 0.0105. The van der Waals surface area contributed by atoms with Crippen LogP contribution in [0.3, 0.4) is 0 Å². The van der Waals surface area contributed by atoms with E-state index in [0.717, 1.165) is 0 Å². The minimum Gasteiger partial charge on any atom is -0.360 e. The fourth-order valence-corrected chi connectivity index (χ4v) is 4.21. The monoisotopic (exact) mass is 496 g/mol. The molecular weight excluding hydrogens is 481 g/mol. The first kappa shape index (κ1) is 22.3. The van der Waals surface area contributed by atoms with Gasteiger partial charge in [-0.1, -0.05) is 23.2 Å². The molecule has 3 heterocycles. The highest BCUT2D eigenvalue weighted by Gasteiger charge is 2.13. The average Bonchev–Trinajstić information content (AvgIpc) is 3.16. The second kappa shape index (κ2) is 9.00. The van der Waals surface area contributed by atoms with Crippen LogP contribution in [-0.2, 0) is 13.0 Å². The molecule has 5 rings (SSSR count). The number of nitrogens with zero attached hydrogens (tertiary/aromatic N) is 2. The van der Waals surface area contributed by atoms with Crippen molar-refractivity contribution in [3.63, 3.8) is 0 Å². The number of hydrogen-bond donors (Lipinski definition) is 2. The molecule has 0 spiro atoms. The Morgan fingerprint density at radius 1 is 1.03 bits per heavy atom. The maximum absolute atomic E-state index is 14.5. The summed E-state index contributed by atoms with van der Waals surface area (Å²) in [6, 6.07) is 11.0. The maximum atomic E-state index is 14.5. The third kappa shape index (κ3) is 4.44. The summed E-state index contributed by atoms with van der Waals surface area (Å²) in [4.78, 5) is 23.9. The van der Waals surface area contributed by atoms with Crippen LogP contribution in [0.5, 0.6) is 0 Å². The molecule has 3 aromatic heterocycles. The first-order chi connectivity index (χ1) is 16.4. The molecule has 0 radical (unpaired) electrons. The van der Waals surface area contributed by atoms with Gasteiger partial charge in [-0.15, -0.1) is 0 Å². The number of benzene rings is 2. The van der Waals surface area contributed by atoms with E-state index in [0.29, 0.717) is 55.1 Å². The number of pyridine rings is 2. The summed E-state index contributed by atoms with van der Waals surface area (Å²) < 4.78 is 28.8. The fourth-order valence-electron chi connectivity index (χ4n) is 3.83. The lowest BCUT2D eigenvalue weighted by atomic mass is 10.0. The number of carbonyl (C=O) groups excluding carboxylic acids is 1. The molecule has 9 heteroatoms. The van der Waals surface area contributed by atoms with E-state index >= 15 is 0 Å². The van der Waals surface area contributed by atoms with Gasteiger partial charge in [0.25, 0.3) is 5.91 Å². The van der Waals surface area contributed by atoms with Crippen LogP contribution in [0, 0.1) is 11.6 Å². The highest BCUT2D eigenvalue weighted by atomic mass is 35.5. The molecule has 0 bridgehead atoms. The molecule has 5 nitrogen and oxygen atoms in total. The maximum Gasteiger partial charge on any atom is 0.251 e. The molecule has 170 valence electrons. The number of nitrogens with one attached hydrogen (secondary N) is 2. The van der Waals surface area contributed by atoms with E-state index in [1.807, 2.05) is 0 Å². The van der Waals surface area contributed by atoms with E-state index in [2.05, 4.69) is 20.3 Å². The second-order valence-electron chi connectivity index (χ2n) is 7.82. The van der Waals surface area contributed by atoms with E-state index in [-0.39, 0.29) is 18.0 Å². The zero-order valence-corrected chi connectivity index (χ0v) is 19.0. The Kier molecular flexibility index (Phi) is 5.89. The highest BCUT2D eigenvalue weighted by molar-refractivity contribution is 6.35. The number of carbonyl (C=O) groups is 1. The van der Waals surface area contributed by atoms with Crippen LogP contribution in [0.1, 0.15) is 27.2 Å². The van der Waals surface area contributed by atoms with Gasteiger partial charge in [0.2, 0.25) is 0 Å². The normalized spacial score (nSPS) is 11.3. The Morgan fingerprint density at radius 3 is 2.74 bits per heavy atom. The van der Waals surface area contributed by atoms with Crippen molar-refractivity contribution in [1.82, 2.24) is 20.3 Å². The summed E-state index contributed by atoms with van der Waals surface area (Å²) in [5.41, 5.74) is 2.73. The summed E-state index contributed by atoms with van der Waals surface area (Å²) >= 11 is 12.1. The number of H-pyrrole nitrogens is 1. The number of fused-ring (bicyclic) bond motifs is 2. The standard InChI is InChI=1S/C25H16Cl2F2N4O/c26-17-6-15-3-13(5-22(29)24(15)32-11-17)4-18-7-14(1-2-30-18)25(34)33-10-16-8-19-20(27)12-31-23(19)9-21(16)28/h1-3,5-9,11-12,31H,4,10H2,(H,33,34). The van der Waals surface area contributed by atoms with Crippen LogP contribution in [0.2, 0.25) is 10.0 Å². The second-order valence-corrected chi connectivity index (χ2v) is 8.67. The van der Waals surface area contributed by atoms with Crippen LogP contribution in [0.4, 0.5) is 8.78 Å². The lowest BCUT2D eigenvalue weighted by Crippen LogP contribution is -2.23. The van der Waals surface area contributed by atoms with Gasteiger partial charge < -0.3 is 10.3 Å². The van der Waals surface area contributed by atoms with E-state index in [4.69, 9.17) is 23.2 Å². The third-order valence-corrected chi connectivity index (χ3v) is 5.98. The molecule has 0 aliphatic rings. The summed E-state index contributed by atoms with van der Waals surface area (Å²) in [5.74, 6) is -1.29. The SMILES string of the molecule is O=C(NCc1cc2c(Cl)c[nH]c2cc1F)c1ccnc(Cc2cc(F)c3ncc(Cl)cc3c2)c1. The van der Waals surface area contributed by atoms with Crippen molar-refractivity contribution in [2.45, 2.75) is 13.0 Å². The largest absolute Gasteiger partial charge is 0.360 e. The van der Waals surface area contributed by atoms with E-state index in [1.54, 1.807) is 36.5 Å². The minimum atomic E-state index is -0.459. The van der Waals surface area contributed by atoms with Gasteiger partial charge in [-0.2, -0.15) is 0 Å². The van der Waals surface area contributed by atoms with Crippen molar-refractivity contribution in [2.24, 2.45) is 0 Å². The van der Waals surface area contributed by atoms with Crippen molar-refractivity contribution >= 4 is 50.9 Å². The predicted octanol–water partition coefficient (Wildman–Crippen LogP) is 6.22. The van der Waals surface area contributed by atoms with Gasteiger partial charge in [0.1, 0.15) is 17.2 Å². The van der Waals surface area contributed by atoms with Crippen LogP contribution in [0.15, 0.2) is 61.1 Å².